The Hall–Kier alpha value is -0.940. The largest absolute Gasteiger partial charge is 0.392 e. The maximum Gasteiger partial charge on any atom is 0.0899 e. The van der Waals surface area contributed by atoms with Gasteiger partial charge in [0.1, 0.15) is 0 Å². The quantitative estimate of drug-likeness (QED) is 0.789. The second-order valence-electron chi connectivity index (χ2n) is 4.09. The van der Waals surface area contributed by atoms with Gasteiger partial charge >= 0.3 is 0 Å². The molecular formula is C11H20N4S. The molecule has 0 bridgehead atoms. The van der Waals surface area contributed by atoms with E-state index in [0.29, 0.717) is 4.99 Å². The summed E-state index contributed by atoms with van der Waals surface area (Å²) in [6, 6.07) is 2.21. The van der Waals surface area contributed by atoms with Crippen LogP contribution in [0.2, 0.25) is 0 Å². The van der Waals surface area contributed by atoms with Gasteiger partial charge in [0.25, 0.3) is 0 Å². The highest BCUT2D eigenvalue weighted by Crippen LogP contribution is 2.09. The van der Waals surface area contributed by atoms with Crippen molar-refractivity contribution in [1.29, 1.82) is 0 Å². The number of likely N-dealkylation sites (N-methyl/N-ethyl adjacent to an activating group) is 1. The zero-order chi connectivity index (χ0) is 12.3. The number of thiocarbonyl (C=S) groups is 1. The molecule has 90 valence electrons. The van der Waals surface area contributed by atoms with Crippen LogP contribution in [0.25, 0.3) is 0 Å². The molecule has 1 unspecified atom stereocenters. The highest BCUT2D eigenvalue weighted by Gasteiger charge is 2.14. The molecule has 0 aliphatic rings. The Balaban J connectivity index is 2.75. The average Bonchev–Trinajstić information content (AvgIpc) is 2.57. The molecule has 0 amide bonds. The summed E-state index contributed by atoms with van der Waals surface area (Å²) in [6.45, 7) is 7.81. The number of hydrogen-bond donors (Lipinski definition) is 1. The second kappa shape index (κ2) is 5.41. The SMILES string of the molecule is CCn1nc(C)cc1CN(C)C(C)C(N)=S. The van der Waals surface area contributed by atoms with Crippen LogP contribution in [0.4, 0.5) is 0 Å². The number of aromatic nitrogens is 2. The molecule has 0 saturated carbocycles. The van der Waals surface area contributed by atoms with Gasteiger partial charge in [-0.3, -0.25) is 9.58 Å². The second-order valence-corrected chi connectivity index (χ2v) is 4.56. The van der Waals surface area contributed by atoms with Crippen LogP contribution in [0.5, 0.6) is 0 Å². The van der Waals surface area contributed by atoms with Crippen molar-refractivity contribution in [3.63, 3.8) is 0 Å². The van der Waals surface area contributed by atoms with E-state index >= 15 is 0 Å². The molecule has 1 atom stereocenters. The Morgan fingerprint density at radius 2 is 2.31 bits per heavy atom. The Morgan fingerprint density at radius 3 is 2.81 bits per heavy atom. The van der Waals surface area contributed by atoms with Crippen LogP contribution >= 0.6 is 12.2 Å². The van der Waals surface area contributed by atoms with Gasteiger partial charge in [0.05, 0.1) is 22.4 Å². The van der Waals surface area contributed by atoms with Crippen LogP contribution in [0.3, 0.4) is 0 Å². The molecule has 1 heterocycles. The normalized spacial score (nSPS) is 13.1. The monoisotopic (exact) mass is 240 g/mol. The van der Waals surface area contributed by atoms with Crippen molar-refractivity contribution < 1.29 is 0 Å². The first-order valence-electron chi connectivity index (χ1n) is 5.48. The Labute approximate surface area is 102 Å². The summed E-state index contributed by atoms with van der Waals surface area (Å²) in [7, 11) is 2.02. The van der Waals surface area contributed by atoms with Crippen molar-refractivity contribution in [1.82, 2.24) is 14.7 Å². The molecule has 0 fully saturated rings. The van der Waals surface area contributed by atoms with Gasteiger partial charge in [0.2, 0.25) is 0 Å². The van der Waals surface area contributed by atoms with Gasteiger partial charge in [0.15, 0.2) is 0 Å². The smallest absolute Gasteiger partial charge is 0.0899 e. The molecule has 4 nitrogen and oxygen atoms in total. The predicted molar refractivity (Wildman–Crippen MR) is 70.4 cm³/mol. The van der Waals surface area contributed by atoms with Gasteiger partial charge in [-0.25, -0.2) is 0 Å². The predicted octanol–water partition coefficient (Wildman–Crippen LogP) is 1.32. The molecule has 1 aromatic rings. The average molecular weight is 240 g/mol. The summed E-state index contributed by atoms with van der Waals surface area (Å²) in [5.74, 6) is 0. The van der Waals surface area contributed by atoms with E-state index in [9.17, 15) is 0 Å². The minimum Gasteiger partial charge on any atom is -0.392 e. The molecule has 2 N–H and O–H groups in total. The lowest BCUT2D eigenvalue weighted by Crippen LogP contribution is -2.39. The lowest BCUT2D eigenvalue weighted by molar-refractivity contribution is 0.294. The van der Waals surface area contributed by atoms with E-state index < -0.39 is 0 Å². The van der Waals surface area contributed by atoms with Crippen molar-refractivity contribution in [3.05, 3.63) is 17.5 Å². The van der Waals surface area contributed by atoms with E-state index in [4.69, 9.17) is 18.0 Å². The van der Waals surface area contributed by atoms with E-state index in [0.717, 1.165) is 18.8 Å². The van der Waals surface area contributed by atoms with Crippen molar-refractivity contribution in [2.45, 2.75) is 39.9 Å². The number of nitrogens with zero attached hydrogens (tertiary/aromatic N) is 3. The van der Waals surface area contributed by atoms with Crippen LogP contribution in [0.1, 0.15) is 25.2 Å². The lowest BCUT2D eigenvalue weighted by Gasteiger charge is -2.23. The first-order valence-corrected chi connectivity index (χ1v) is 5.89. The number of nitrogens with two attached hydrogens (primary N) is 1. The third-order valence-corrected chi connectivity index (χ3v) is 3.11. The van der Waals surface area contributed by atoms with Gasteiger partial charge in [-0.05, 0) is 33.9 Å². The first kappa shape index (κ1) is 13.1. The number of hydrogen-bond acceptors (Lipinski definition) is 3. The van der Waals surface area contributed by atoms with Gasteiger partial charge in [-0.2, -0.15) is 5.10 Å². The molecule has 1 aromatic heterocycles. The van der Waals surface area contributed by atoms with Gasteiger partial charge in [-0.15, -0.1) is 0 Å². The van der Waals surface area contributed by atoms with E-state index in [1.165, 1.54) is 5.69 Å². The molecule has 5 heteroatoms. The van der Waals surface area contributed by atoms with Crippen LogP contribution in [0, 0.1) is 6.92 Å². The molecule has 0 spiro atoms. The minimum absolute atomic E-state index is 0.107. The molecule has 0 saturated heterocycles. The summed E-state index contributed by atoms with van der Waals surface area (Å²) in [5.41, 5.74) is 7.88. The van der Waals surface area contributed by atoms with Gasteiger partial charge in [-0.1, -0.05) is 12.2 Å². The van der Waals surface area contributed by atoms with Gasteiger partial charge in [0, 0.05) is 13.1 Å². The molecule has 1 rings (SSSR count). The van der Waals surface area contributed by atoms with Crippen molar-refractivity contribution in [3.8, 4) is 0 Å². The fourth-order valence-electron chi connectivity index (χ4n) is 1.61. The Kier molecular flexibility index (Phi) is 4.44. The fourth-order valence-corrected chi connectivity index (χ4v) is 1.79. The van der Waals surface area contributed by atoms with Crippen molar-refractivity contribution in [2.75, 3.05) is 7.05 Å². The summed E-state index contributed by atoms with van der Waals surface area (Å²) >= 11 is 4.99. The van der Waals surface area contributed by atoms with E-state index in [1.807, 2.05) is 25.6 Å². The minimum atomic E-state index is 0.107. The zero-order valence-electron chi connectivity index (χ0n) is 10.4. The first-order chi connectivity index (χ1) is 7.45. The van der Waals surface area contributed by atoms with E-state index in [1.54, 1.807) is 0 Å². The maximum absolute atomic E-state index is 5.63. The third-order valence-electron chi connectivity index (χ3n) is 2.77. The Bertz CT molecular complexity index is 372. The maximum atomic E-state index is 5.63. The third kappa shape index (κ3) is 3.02. The Morgan fingerprint density at radius 1 is 1.69 bits per heavy atom. The summed E-state index contributed by atoms with van der Waals surface area (Å²) < 4.78 is 2.01. The molecule has 0 aliphatic carbocycles. The van der Waals surface area contributed by atoms with Crippen LogP contribution in [-0.4, -0.2) is 32.8 Å². The van der Waals surface area contributed by atoms with Crippen molar-refractivity contribution >= 4 is 17.2 Å². The van der Waals surface area contributed by atoms with Crippen LogP contribution in [0.15, 0.2) is 6.07 Å². The van der Waals surface area contributed by atoms with E-state index in [2.05, 4.69) is 23.0 Å². The molecule has 0 aromatic carbocycles. The van der Waals surface area contributed by atoms with E-state index in [-0.39, 0.29) is 6.04 Å². The topological polar surface area (TPSA) is 47.1 Å². The molecular weight excluding hydrogens is 220 g/mol. The van der Waals surface area contributed by atoms with Crippen molar-refractivity contribution in [2.24, 2.45) is 5.73 Å². The number of aryl methyl sites for hydroxylation is 2. The summed E-state index contributed by atoms with van der Waals surface area (Å²) in [4.78, 5) is 2.66. The molecule has 0 aliphatic heterocycles. The highest BCUT2D eigenvalue weighted by atomic mass is 32.1. The number of rotatable bonds is 5. The summed E-state index contributed by atoms with van der Waals surface area (Å²) in [5, 5.41) is 4.41. The zero-order valence-corrected chi connectivity index (χ0v) is 11.2. The van der Waals surface area contributed by atoms with Gasteiger partial charge < -0.3 is 5.73 Å². The standard InChI is InChI=1S/C11H20N4S/c1-5-15-10(6-8(2)13-15)7-14(4)9(3)11(12)16/h6,9H,5,7H2,1-4H3,(H2,12,16). The highest BCUT2D eigenvalue weighted by molar-refractivity contribution is 7.80. The van der Waals surface area contributed by atoms with Crippen LogP contribution < -0.4 is 5.73 Å². The molecule has 16 heavy (non-hydrogen) atoms. The van der Waals surface area contributed by atoms with Crippen LogP contribution in [-0.2, 0) is 13.1 Å². The lowest BCUT2D eigenvalue weighted by atomic mass is 10.2. The molecule has 0 radical (unpaired) electrons. The fraction of sp³-hybridized carbons (Fsp3) is 0.636. The summed E-state index contributed by atoms with van der Waals surface area (Å²) in [6.07, 6.45) is 0.